The van der Waals surface area contributed by atoms with Crippen molar-refractivity contribution in [3.63, 3.8) is 0 Å². The summed E-state index contributed by atoms with van der Waals surface area (Å²) >= 11 is 5.65. The lowest BCUT2D eigenvalue weighted by atomic mass is 10.1. The van der Waals surface area contributed by atoms with E-state index in [-0.39, 0.29) is 23.0 Å². The summed E-state index contributed by atoms with van der Waals surface area (Å²) in [4.78, 5) is 17.7. The van der Waals surface area contributed by atoms with E-state index in [4.69, 9.17) is 16.3 Å². The largest absolute Gasteiger partial charge is 0.469 e. The maximum Gasteiger partial charge on any atom is 0.349 e. The lowest BCUT2D eigenvalue weighted by molar-refractivity contribution is -0.386. The molecule has 6 nitrogen and oxygen atoms in total. The van der Waals surface area contributed by atoms with Crippen molar-refractivity contribution in [1.82, 2.24) is 9.97 Å². The molecule has 1 aromatic rings. The second-order valence-electron chi connectivity index (χ2n) is 4.32. The molecule has 1 aliphatic carbocycles. The molecular formula is C11H14ClN3O3. The lowest BCUT2D eigenvalue weighted by Gasteiger charge is -2.15. The van der Waals surface area contributed by atoms with Crippen molar-refractivity contribution in [2.75, 3.05) is 0 Å². The van der Waals surface area contributed by atoms with Crippen molar-refractivity contribution in [3.05, 3.63) is 21.6 Å². The number of rotatable bonds is 3. The van der Waals surface area contributed by atoms with Gasteiger partial charge in [-0.3, -0.25) is 10.1 Å². The summed E-state index contributed by atoms with van der Waals surface area (Å²) in [5.41, 5.74) is -0.233. The molecule has 2 rings (SSSR count). The minimum atomic E-state index is -0.553. The Morgan fingerprint density at radius 2 is 2.00 bits per heavy atom. The first-order valence-corrected chi connectivity index (χ1v) is 6.38. The van der Waals surface area contributed by atoms with E-state index < -0.39 is 4.92 Å². The number of nitro groups is 1. The van der Waals surface area contributed by atoms with E-state index in [1.54, 1.807) is 0 Å². The summed E-state index contributed by atoms with van der Waals surface area (Å²) in [6, 6.07) is 0. The van der Waals surface area contributed by atoms with Crippen LogP contribution in [0.3, 0.4) is 0 Å². The number of ether oxygens (including phenoxy) is 1. The van der Waals surface area contributed by atoms with Crippen molar-refractivity contribution in [2.45, 2.75) is 44.6 Å². The van der Waals surface area contributed by atoms with Gasteiger partial charge in [-0.2, -0.15) is 4.98 Å². The van der Waals surface area contributed by atoms with E-state index in [1.807, 2.05) is 0 Å². The van der Waals surface area contributed by atoms with Crippen molar-refractivity contribution in [1.29, 1.82) is 0 Å². The van der Waals surface area contributed by atoms with Crippen LogP contribution in [-0.4, -0.2) is 21.0 Å². The Hall–Kier alpha value is -1.43. The second-order valence-corrected chi connectivity index (χ2v) is 4.66. The van der Waals surface area contributed by atoms with E-state index in [1.165, 1.54) is 12.8 Å². The van der Waals surface area contributed by atoms with Gasteiger partial charge in [-0.05, 0) is 37.3 Å². The zero-order valence-corrected chi connectivity index (χ0v) is 10.6. The Labute approximate surface area is 109 Å². The maximum absolute atomic E-state index is 10.8. The fraction of sp³-hybridized carbons (Fsp3) is 0.636. The minimum Gasteiger partial charge on any atom is -0.469 e. The SMILES string of the molecule is O=[N+]([O-])c1cnc(Cl)nc1OC1CCCCCC1. The van der Waals surface area contributed by atoms with Crippen molar-refractivity contribution in [3.8, 4) is 5.88 Å². The topological polar surface area (TPSA) is 78.2 Å². The Balaban J connectivity index is 2.15. The van der Waals surface area contributed by atoms with E-state index in [9.17, 15) is 10.1 Å². The maximum atomic E-state index is 10.8. The van der Waals surface area contributed by atoms with Gasteiger partial charge in [0.25, 0.3) is 5.88 Å². The third kappa shape index (κ3) is 3.29. The molecule has 0 spiro atoms. The summed E-state index contributed by atoms with van der Waals surface area (Å²) in [7, 11) is 0. The van der Waals surface area contributed by atoms with Crippen LogP contribution in [0.2, 0.25) is 5.28 Å². The first kappa shape index (κ1) is 13.0. The van der Waals surface area contributed by atoms with Gasteiger partial charge in [-0.25, -0.2) is 4.98 Å². The molecule has 0 atom stereocenters. The molecule has 0 aromatic carbocycles. The third-order valence-electron chi connectivity index (χ3n) is 2.98. The average Bonchev–Trinajstić information content (AvgIpc) is 2.57. The Kier molecular flexibility index (Phi) is 4.30. The number of hydrogen-bond acceptors (Lipinski definition) is 5. The molecule has 7 heteroatoms. The molecule has 18 heavy (non-hydrogen) atoms. The van der Waals surface area contributed by atoms with Gasteiger partial charge in [0.05, 0.1) is 4.92 Å². The van der Waals surface area contributed by atoms with Crippen molar-refractivity contribution >= 4 is 17.3 Å². The van der Waals surface area contributed by atoms with E-state index in [0.717, 1.165) is 31.9 Å². The Morgan fingerprint density at radius 3 is 2.61 bits per heavy atom. The van der Waals surface area contributed by atoms with Gasteiger partial charge in [0.15, 0.2) is 0 Å². The Morgan fingerprint density at radius 1 is 1.33 bits per heavy atom. The zero-order valence-electron chi connectivity index (χ0n) is 9.84. The van der Waals surface area contributed by atoms with Crippen LogP contribution in [0, 0.1) is 10.1 Å². The molecule has 0 bridgehead atoms. The molecule has 0 N–H and O–H groups in total. The standard InChI is InChI=1S/C11H14ClN3O3/c12-11-13-7-9(15(16)17)10(14-11)18-8-5-3-1-2-4-6-8/h7-8H,1-6H2. The summed E-state index contributed by atoms with van der Waals surface area (Å²) in [6.45, 7) is 0. The van der Waals surface area contributed by atoms with Crippen LogP contribution in [0.15, 0.2) is 6.20 Å². The van der Waals surface area contributed by atoms with Gasteiger partial charge in [0, 0.05) is 0 Å². The number of halogens is 1. The molecule has 0 radical (unpaired) electrons. The fourth-order valence-corrected chi connectivity index (χ4v) is 2.19. The predicted octanol–water partition coefficient (Wildman–Crippen LogP) is 3.14. The highest BCUT2D eigenvalue weighted by Crippen LogP contribution is 2.28. The van der Waals surface area contributed by atoms with Crippen LogP contribution in [0.4, 0.5) is 5.69 Å². The molecule has 1 heterocycles. The normalized spacial score (nSPS) is 17.2. The first-order chi connectivity index (χ1) is 8.66. The summed E-state index contributed by atoms with van der Waals surface area (Å²) in [5, 5.41) is 10.8. The zero-order chi connectivity index (χ0) is 13.0. The molecule has 1 aromatic heterocycles. The second kappa shape index (κ2) is 5.95. The molecule has 0 saturated heterocycles. The van der Waals surface area contributed by atoms with Crippen LogP contribution in [0.1, 0.15) is 38.5 Å². The van der Waals surface area contributed by atoms with Gasteiger partial charge in [-0.1, -0.05) is 12.8 Å². The highest BCUT2D eigenvalue weighted by molar-refractivity contribution is 6.28. The Bertz CT molecular complexity index is 434. The first-order valence-electron chi connectivity index (χ1n) is 6.00. The van der Waals surface area contributed by atoms with E-state index in [2.05, 4.69) is 9.97 Å². The van der Waals surface area contributed by atoms with Crippen LogP contribution in [0.25, 0.3) is 0 Å². The van der Waals surface area contributed by atoms with Crippen LogP contribution in [0.5, 0.6) is 5.88 Å². The molecule has 0 unspecified atom stereocenters. The van der Waals surface area contributed by atoms with Gasteiger partial charge in [0.1, 0.15) is 12.3 Å². The fourth-order valence-electron chi connectivity index (χ4n) is 2.07. The minimum absolute atomic E-state index is 0.0165. The molecule has 0 amide bonds. The highest BCUT2D eigenvalue weighted by atomic mass is 35.5. The van der Waals surface area contributed by atoms with Crippen LogP contribution < -0.4 is 4.74 Å². The smallest absolute Gasteiger partial charge is 0.349 e. The lowest BCUT2D eigenvalue weighted by Crippen LogP contribution is -2.17. The number of hydrogen-bond donors (Lipinski definition) is 0. The molecule has 98 valence electrons. The molecule has 0 aliphatic heterocycles. The highest BCUT2D eigenvalue weighted by Gasteiger charge is 2.22. The monoisotopic (exact) mass is 271 g/mol. The van der Waals surface area contributed by atoms with Crippen LogP contribution >= 0.6 is 11.6 Å². The molecular weight excluding hydrogens is 258 g/mol. The molecule has 1 aliphatic rings. The van der Waals surface area contributed by atoms with Gasteiger partial charge in [-0.15, -0.1) is 0 Å². The van der Waals surface area contributed by atoms with Crippen molar-refractivity contribution < 1.29 is 9.66 Å². The predicted molar refractivity (Wildman–Crippen MR) is 65.8 cm³/mol. The summed E-state index contributed by atoms with van der Waals surface area (Å²) in [6.07, 6.45) is 7.41. The third-order valence-corrected chi connectivity index (χ3v) is 3.17. The van der Waals surface area contributed by atoms with Crippen LogP contribution in [-0.2, 0) is 0 Å². The van der Waals surface area contributed by atoms with E-state index in [0.29, 0.717) is 0 Å². The van der Waals surface area contributed by atoms with E-state index >= 15 is 0 Å². The number of aromatic nitrogens is 2. The quantitative estimate of drug-likeness (QED) is 0.365. The van der Waals surface area contributed by atoms with Gasteiger partial charge >= 0.3 is 5.69 Å². The molecule has 1 fully saturated rings. The molecule has 1 saturated carbocycles. The van der Waals surface area contributed by atoms with Gasteiger partial charge < -0.3 is 4.74 Å². The summed E-state index contributed by atoms with van der Waals surface area (Å²) in [5.74, 6) is -0.0214. The average molecular weight is 272 g/mol. The summed E-state index contributed by atoms with van der Waals surface area (Å²) < 4.78 is 5.63. The van der Waals surface area contributed by atoms with Crippen molar-refractivity contribution in [2.24, 2.45) is 0 Å². The van der Waals surface area contributed by atoms with Gasteiger partial charge in [0.2, 0.25) is 5.28 Å². The number of nitrogens with zero attached hydrogens (tertiary/aromatic N) is 3.